The Morgan fingerprint density at radius 3 is 2.78 bits per heavy atom. The number of carbonyl (C=O) groups is 2. The summed E-state index contributed by atoms with van der Waals surface area (Å²) in [6, 6.07) is 0. The average molecular weight is 262 g/mol. The maximum atomic E-state index is 11.2. The molecule has 0 spiro atoms. The summed E-state index contributed by atoms with van der Waals surface area (Å²) in [5.41, 5.74) is 3.50. The molecule has 0 bridgehead atoms. The SMILES string of the molecule is O=C(O)NNC(=O)O[C@H](CO)CC1CCCOC1. The fourth-order valence-corrected chi connectivity index (χ4v) is 1.81. The van der Waals surface area contributed by atoms with Crippen LogP contribution in [-0.4, -0.2) is 48.3 Å². The van der Waals surface area contributed by atoms with Crippen LogP contribution < -0.4 is 10.9 Å². The molecule has 18 heavy (non-hydrogen) atoms. The van der Waals surface area contributed by atoms with Gasteiger partial charge in [0.2, 0.25) is 0 Å². The van der Waals surface area contributed by atoms with E-state index in [2.05, 4.69) is 0 Å². The first-order chi connectivity index (χ1) is 8.61. The van der Waals surface area contributed by atoms with Crippen LogP contribution in [0.25, 0.3) is 0 Å². The molecule has 1 aliphatic heterocycles. The Balaban J connectivity index is 2.27. The summed E-state index contributed by atoms with van der Waals surface area (Å²) in [5, 5.41) is 17.4. The van der Waals surface area contributed by atoms with Gasteiger partial charge in [-0.05, 0) is 25.2 Å². The molecule has 8 heteroatoms. The molecule has 0 radical (unpaired) electrons. The van der Waals surface area contributed by atoms with E-state index in [9.17, 15) is 9.59 Å². The van der Waals surface area contributed by atoms with Crippen LogP contribution in [0, 0.1) is 5.92 Å². The first-order valence-electron chi connectivity index (χ1n) is 5.76. The Kier molecular flexibility index (Phi) is 6.23. The van der Waals surface area contributed by atoms with Crippen molar-refractivity contribution in [1.29, 1.82) is 0 Å². The van der Waals surface area contributed by atoms with Gasteiger partial charge in [0, 0.05) is 13.2 Å². The van der Waals surface area contributed by atoms with Crippen LogP contribution in [0.15, 0.2) is 0 Å². The Labute approximate surface area is 104 Å². The lowest BCUT2D eigenvalue weighted by Crippen LogP contribution is -2.43. The number of nitrogens with one attached hydrogen (secondary N) is 2. The summed E-state index contributed by atoms with van der Waals surface area (Å²) in [6.45, 7) is 1.02. The molecule has 0 aliphatic carbocycles. The van der Waals surface area contributed by atoms with E-state index < -0.39 is 18.3 Å². The first-order valence-corrected chi connectivity index (χ1v) is 5.76. The highest BCUT2D eigenvalue weighted by molar-refractivity contribution is 5.72. The molecule has 0 aromatic carbocycles. The molecule has 1 heterocycles. The largest absolute Gasteiger partial charge is 0.464 e. The second-order valence-electron chi connectivity index (χ2n) is 4.08. The predicted molar refractivity (Wildman–Crippen MR) is 59.8 cm³/mol. The van der Waals surface area contributed by atoms with Crippen LogP contribution >= 0.6 is 0 Å². The molecule has 1 unspecified atom stereocenters. The van der Waals surface area contributed by atoms with Crippen molar-refractivity contribution in [2.45, 2.75) is 25.4 Å². The van der Waals surface area contributed by atoms with E-state index in [-0.39, 0.29) is 12.5 Å². The third kappa shape index (κ3) is 5.69. The van der Waals surface area contributed by atoms with Gasteiger partial charge in [0.25, 0.3) is 0 Å². The molecule has 1 aliphatic rings. The molecule has 0 aromatic heterocycles. The van der Waals surface area contributed by atoms with Crippen LogP contribution in [-0.2, 0) is 9.47 Å². The molecule has 2 atom stereocenters. The fraction of sp³-hybridized carbons (Fsp3) is 0.800. The van der Waals surface area contributed by atoms with Gasteiger partial charge in [0.15, 0.2) is 0 Å². The van der Waals surface area contributed by atoms with Crippen LogP contribution in [0.4, 0.5) is 9.59 Å². The summed E-state index contributed by atoms with van der Waals surface area (Å²) in [7, 11) is 0. The van der Waals surface area contributed by atoms with Crippen molar-refractivity contribution in [1.82, 2.24) is 10.9 Å². The van der Waals surface area contributed by atoms with Gasteiger partial charge in [-0.3, -0.25) is 0 Å². The number of carbonyl (C=O) groups excluding carboxylic acids is 1. The van der Waals surface area contributed by atoms with Crippen molar-refractivity contribution < 1.29 is 29.3 Å². The zero-order valence-electron chi connectivity index (χ0n) is 9.92. The average Bonchev–Trinajstić information content (AvgIpc) is 2.37. The van der Waals surface area contributed by atoms with E-state index in [4.69, 9.17) is 19.7 Å². The number of hydrogen-bond donors (Lipinski definition) is 4. The number of hydrogen-bond acceptors (Lipinski definition) is 5. The Hall–Kier alpha value is -1.54. The van der Waals surface area contributed by atoms with Gasteiger partial charge in [0.1, 0.15) is 6.10 Å². The lowest BCUT2D eigenvalue weighted by Gasteiger charge is -2.25. The molecule has 104 valence electrons. The lowest BCUT2D eigenvalue weighted by molar-refractivity contribution is 0.00433. The standard InChI is InChI=1S/C10H18N2O6/c13-5-8(4-7-2-1-3-17-6-7)18-10(16)12-11-9(14)15/h7-8,11,13H,1-6H2,(H,12,16)(H,14,15)/t7?,8-/m0/s1. The zero-order valence-corrected chi connectivity index (χ0v) is 9.92. The number of ether oxygens (including phenoxy) is 2. The molecular weight excluding hydrogens is 244 g/mol. The minimum absolute atomic E-state index is 0.246. The van der Waals surface area contributed by atoms with Crippen LogP contribution in [0.2, 0.25) is 0 Å². The van der Waals surface area contributed by atoms with E-state index in [0.29, 0.717) is 13.0 Å². The smallest absolute Gasteiger partial charge is 0.426 e. The van der Waals surface area contributed by atoms with Gasteiger partial charge in [0.05, 0.1) is 6.61 Å². The van der Waals surface area contributed by atoms with E-state index in [1.165, 1.54) is 0 Å². The highest BCUT2D eigenvalue weighted by Crippen LogP contribution is 2.19. The van der Waals surface area contributed by atoms with Gasteiger partial charge in [-0.15, -0.1) is 0 Å². The number of rotatable bonds is 4. The number of aliphatic hydroxyl groups is 1. The zero-order chi connectivity index (χ0) is 13.4. The predicted octanol–water partition coefficient (Wildman–Crippen LogP) is 0.0728. The monoisotopic (exact) mass is 262 g/mol. The molecule has 1 fully saturated rings. The minimum Gasteiger partial charge on any atom is -0.464 e. The van der Waals surface area contributed by atoms with Crippen molar-refractivity contribution in [2.75, 3.05) is 19.8 Å². The number of carboxylic acid groups (broad SMARTS) is 1. The second-order valence-corrected chi connectivity index (χ2v) is 4.08. The van der Waals surface area contributed by atoms with Crippen molar-refractivity contribution in [2.24, 2.45) is 5.92 Å². The van der Waals surface area contributed by atoms with Crippen LogP contribution in [0.5, 0.6) is 0 Å². The third-order valence-corrected chi connectivity index (χ3v) is 2.60. The Bertz CT molecular complexity index is 280. The Morgan fingerprint density at radius 2 is 2.22 bits per heavy atom. The van der Waals surface area contributed by atoms with Gasteiger partial charge in [-0.1, -0.05) is 0 Å². The first kappa shape index (κ1) is 14.5. The summed E-state index contributed by atoms with van der Waals surface area (Å²) in [5.74, 6) is 0.246. The lowest BCUT2D eigenvalue weighted by atomic mass is 9.96. The summed E-state index contributed by atoms with van der Waals surface area (Å²) < 4.78 is 10.2. The molecule has 2 amide bonds. The van der Waals surface area contributed by atoms with Gasteiger partial charge in [-0.25, -0.2) is 20.4 Å². The summed E-state index contributed by atoms with van der Waals surface area (Å²) in [6.07, 6.45) is -0.574. The second kappa shape index (κ2) is 7.72. The number of amides is 2. The topological polar surface area (TPSA) is 117 Å². The third-order valence-electron chi connectivity index (χ3n) is 2.60. The van der Waals surface area contributed by atoms with E-state index in [1.807, 2.05) is 5.43 Å². The van der Waals surface area contributed by atoms with Crippen molar-refractivity contribution in [3.05, 3.63) is 0 Å². The Morgan fingerprint density at radius 1 is 1.44 bits per heavy atom. The summed E-state index contributed by atoms with van der Waals surface area (Å²) >= 11 is 0. The van der Waals surface area contributed by atoms with Crippen LogP contribution in [0.3, 0.4) is 0 Å². The maximum absolute atomic E-state index is 11.2. The number of hydrazine groups is 1. The van der Waals surface area contributed by atoms with E-state index in [0.717, 1.165) is 19.4 Å². The van der Waals surface area contributed by atoms with E-state index in [1.54, 1.807) is 5.43 Å². The minimum atomic E-state index is -1.40. The molecular formula is C10H18N2O6. The van der Waals surface area contributed by atoms with Gasteiger partial charge >= 0.3 is 12.2 Å². The quantitative estimate of drug-likeness (QED) is 0.533. The molecule has 1 rings (SSSR count). The fourth-order valence-electron chi connectivity index (χ4n) is 1.81. The molecule has 1 saturated heterocycles. The van der Waals surface area contributed by atoms with Crippen LogP contribution in [0.1, 0.15) is 19.3 Å². The normalized spacial score (nSPS) is 20.8. The molecule has 4 N–H and O–H groups in total. The van der Waals surface area contributed by atoms with Crippen molar-refractivity contribution in [3.63, 3.8) is 0 Å². The van der Waals surface area contributed by atoms with Gasteiger partial charge in [-0.2, -0.15) is 0 Å². The molecule has 0 aromatic rings. The van der Waals surface area contributed by atoms with E-state index >= 15 is 0 Å². The van der Waals surface area contributed by atoms with Gasteiger partial charge < -0.3 is 19.7 Å². The van der Waals surface area contributed by atoms with Crippen molar-refractivity contribution in [3.8, 4) is 0 Å². The van der Waals surface area contributed by atoms with Crippen molar-refractivity contribution >= 4 is 12.2 Å². The summed E-state index contributed by atoms with van der Waals surface area (Å²) in [4.78, 5) is 21.3. The molecule has 8 nitrogen and oxygen atoms in total. The highest BCUT2D eigenvalue weighted by Gasteiger charge is 2.21. The highest BCUT2D eigenvalue weighted by atomic mass is 16.6. The number of aliphatic hydroxyl groups excluding tert-OH is 1. The maximum Gasteiger partial charge on any atom is 0.426 e. The molecule has 0 saturated carbocycles.